The van der Waals surface area contributed by atoms with Crippen molar-refractivity contribution < 1.29 is 18.0 Å². The van der Waals surface area contributed by atoms with Crippen LogP contribution in [-0.2, 0) is 21.2 Å². The molecule has 0 saturated carbocycles. The van der Waals surface area contributed by atoms with Gasteiger partial charge in [0.15, 0.2) is 5.78 Å². The molecule has 150 valence electrons. The van der Waals surface area contributed by atoms with Crippen molar-refractivity contribution in [2.75, 3.05) is 11.9 Å². The molecule has 0 aliphatic heterocycles. The van der Waals surface area contributed by atoms with E-state index in [9.17, 15) is 18.0 Å². The number of aryl methyl sites for hydroxylation is 1. The van der Waals surface area contributed by atoms with Crippen LogP contribution in [0.25, 0.3) is 0 Å². The number of hydrogen-bond donors (Lipinski definition) is 2. The first-order valence-electron chi connectivity index (χ1n) is 9.31. The summed E-state index contributed by atoms with van der Waals surface area (Å²) in [6.45, 7) is 3.48. The molecule has 0 saturated heterocycles. The molecule has 1 amide bonds. The van der Waals surface area contributed by atoms with Gasteiger partial charge in [-0.2, -0.15) is 0 Å². The van der Waals surface area contributed by atoms with Gasteiger partial charge in [0.1, 0.15) is 0 Å². The lowest BCUT2D eigenvalue weighted by Gasteiger charge is -2.09. The van der Waals surface area contributed by atoms with E-state index < -0.39 is 10.0 Å². The van der Waals surface area contributed by atoms with Gasteiger partial charge in [-0.25, -0.2) is 13.1 Å². The van der Waals surface area contributed by atoms with Gasteiger partial charge in [-0.15, -0.1) is 0 Å². The minimum Gasteiger partial charge on any atom is -0.326 e. The van der Waals surface area contributed by atoms with Gasteiger partial charge in [-0.1, -0.05) is 37.6 Å². The third-order valence-corrected chi connectivity index (χ3v) is 5.71. The van der Waals surface area contributed by atoms with Crippen molar-refractivity contribution in [2.24, 2.45) is 0 Å². The molecule has 6 nitrogen and oxygen atoms in total. The molecule has 0 aliphatic rings. The zero-order chi connectivity index (χ0) is 20.6. The Hall–Kier alpha value is -2.51. The van der Waals surface area contributed by atoms with Crippen LogP contribution in [0, 0.1) is 0 Å². The highest BCUT2D eigenvalue weighted by Gasteiger charge is 2.15. The van der Waals surface area contributed by atoms with Crippen LogP contribution in [0.15, 0.2) is 53.4 Å². The Kier molecular flexibility index (Phi) is 7.90. The molecule has 0 aromatic heterocycles. The lowest BCUT2D eigenvalue weighted by molar-refractivity contribution is -0.116. The SMILES string of the molecule is CCCCc1ccc(NC(=O)CCNS(=O)(=O)c2cccc(C(C)=O)c2)cc1. The lowest BCUT2D eigenvalue weighted by Crippen LogP contribution is -2.28. The summed E-state index contributed by atoms with van der Waals surface area (Å²) in [5.41, 5.74) is 2.23. The fourth-order valence-corrected chi connectivity index (χ4v) is 3.70. The van der Waals surface area contributed by atoms with Crippen molar-refractivity contribution in [3.05, 3.63) is 59.7 Å². The molecule has 0 aliphatic carbocycles. The van der Waals surface area contributed by atoms with Crippen LogP contribution >= 0.6 is 0 Å². The maximum atomic E-state index is 12.3. The summed E-state index contributed by atoms with van der Waals surface area (Å²) in [6, 6.07) is 13.5. The predicted molar refractivity (Wildman–Crippen MR) is 110 cm³/mol. The number of amides is 1. The molecule has 0 unspecified atom stereocenters. The molecule has 0 heterocycles. The number of carbonyl (C=O) groups excluding carboxylic acids is 2. The Balaban J connectivity index is 1.85. The van der Waals surface area contributed by atoms with Crippen LogP contribution in [0.1, 0.15) is 49.0 Å². The number of carbonyl (C=O) groups is 2. The summed E-state index contributed by atoms with van der Waals surface area (Å²) in [4.78, 5) is 23.5. The van der Waals surface area contributed by atoms with Gasteiger partial charge in [-0.3, -0.25) is 9.59 Å². The van der Waals surface area contributed by atoms with E-state index in [0.29, 0.717) is 11.3 Å². The van der Waals surface area contributed by atoms with E-state index in [1.165, 1.54) is 30.7 Å². The quantitative estimate of drug-likeness (QED) is 0.595. The predicted octanol–water partition coefficient (Wildman–Crippen LogP) is 3.54. The fourth-order valence-electron chi connectivity index (χ4n) is 2.62. The number of hydrogen-bond acceptors (Lipinski definition) is 4. The van der Waals surface area contributed by atoms with E-state index in [1.807, 2.05) is 24.3 Å². The molecule has 2 aromatic rings. The second-order valence-electron chi connectivity index (χ2n) is 6.58. The molecule has 28 heavy (non-hydrogen) atoms. The van der Waals surface area contributed by atoms with Crippen LogP contribution in [0.3, 0.4) is 0 Å². The summed E-state index contributed by atoms with van der Waals surface area (Å²) in [5.74, 6) is -0.487. The van der Waals surface area contributed by atoms with Gasteiger partial charge in [0.2, 0.25) is 15.9 Å². The van der Waals surface area contributed by atoms with Crippen molar-refractivity contribution in [2.45, 2.75) is 44.4 Å². The van der Waals surface area contributed by atoms with Gasteiger partial charge < -0.3 is 5.32 Å². The minimum atomic E-state index is -3.78. The highest BCUT2D eigenvalue weighted by molar-refractivity contribution is 7.89. The maximum absolute atomic E-state index is 12.3. The third kappa shape index (κ3) is 6.58. The lowest BCUT2D eigenvalue weighted by atomic mass is 10.1. The Morgan fingerprint density at radius 2 is 1.75 bits per heavy atom. The summed E-state index contributed by atoms with van der Waals surface area (Å²) < 4.78 is 27.0. The smallest absolute Gasteiger partial charge is 0.240 e. The summed E-state index contributed by atoms with van der Waals surface area (Å²) in [7, 11) is -3.78. The van der Waals surface area contributed by atoms with Crippen molar-refractivity contribution in [1.29, 1.82) is 0 Å². The van der Waals surface area contributed by atoms with Gasteiger partial charge in [0.05, 0.1) is 4.90 Å². The van der Waals surface area contributed by atoms with Gasteiger partial charge in [-0.05, 0) is 49.6 Å². The number of Topliss-reactive ketones (excluding diaryl/α,β-unsaturated/α-hetero) is 1. The molecule has 0 bridgehead atoms. The van der Waals surface area contributed by atoms with E-state index in [0.717, 1.165) is 19.3 Å². The normalized spacial score (nSPS) is 11.2. The van der Waals surface area contributed by atoms with Gasteiger partial charge in [0, 0.05) is 24.2 Å². The molecule has 2 aromatic carbocycles. The summed E-state index contributed by atoms with van der Waals surface area (Å²) >= 11 is 0. The number of ketones is 1. The highest BCUT2D eigenvalue weighted by atomic mass is 32.2. The Morgan fingerprint density at radius 1 is 1.04 bits per heavy atom. The third-order valence-electron chi connectivity index (χ3n) is 4.25. The molecule has 0 fully saturated rings. The number of nitrogens with one attached hydrogen (secondary N) is 2. The van der Waals surface area contributed by atoms with Crippen molar-refractivity contribution in [1.82, 2.24) is 4.72 Å². The van der Waals surface area contributed by atoms with E-state index in [1.54, 1.807) is 6.07 Å². The first kappa shape index (κ1) is 21.8. The van der Waals surface area contributed by atoms with Crippen LogP contribution in [-0.4, -0.2) is 26.7 Å². The second kappa shape index (κ2) is 10.1. The Bertz CT molecular complexity index is 922. The average Bonchev–Trinajstić information content (AvgIpc) is 2.67. The van der Waals surface area contributed by atoms with Crippen LogP contribution in [0.4, 0.5) is 5.69 Å². The largest absolute Gasteiger partial charge is 0.326 e. The van der Waals surface area contributed by atoms with E-state index in [2.05, 4.69) is 17.0 Å². The molecular formula is C21H26N2O4S. The Morgan fingerprint density at radius 3 is 2.39 bits per heavy atom. The molecular weight excluding hydrogens is 376 g/mol. The zero-order valence-electron chi connectivity index (χ0n) is 16.2. The second-order valence-corrected chi connectivity index (χ2v) is 8.35. The van der Waals surface area contributed by atoms with Crippen molar-refractivity contribution in [3.63, 3.8) is 0 Å². The van der Waals surface area contributed by atoms with Crippen LogP contribution in [0.2, 0.25) is 0 Å². The van der Waals surface area contributed by atoms with Crippen molar-refractivity contribution >= 4 is 27.4 Å². The fraction of sp³-hybridized carbons (Fsp3) is 0.333. The highest BCUT2D eigenvalue weighted by Crippen LogP contribution is 2.13. The molecule has 7 heteroatoms. The first-order chi connectivity index (χ1) is 13.3. The number of unbranched alkanes of at least 4 members (excludes halogenated alkanes) is 1. The molecule has 2 N–H and O–H groups in total. The maximum Gasteiger partial charge on any atom is 0.240 e. The topological polar surface area (TPSA) is 92.3 Å². The van der Waals surface area contributed by atoms with E-state index >= 15 is 0 Å². The number of sulfonamides is 1. The van der Waals surface area contributed by atoms with Gasteiger partial charge >= 0.3 is 0 Å². The molecule has 0 spiro atoms. The number of anilines is 1. The average molecular weight is 403 g/mol. The monoisotopic (exact) mass is 402 g/mol. The van der Waals surface area contributed by atoms with Crippen LogP contribution < -0.4 is 10.0 Å². The van der Waals surface area contributed by atoms with E-state index in [-0.39, 0.29) is 29.6 Å². The van der Waals surface area contributed by atoms with E-state index in [4.69, 9.17) is 0 Å². The summed E-state index contributed by atoms with van der Waals surface area (Å²) in [5, 5.41) is 2.76. The first-order valence-corrected chi connectivity index (χ1v) is 10.8. The van der Waals surface area contributed by atoms with Gasteiger partial charge in [0.25, 0.3) is 0 Å². The minimum absolute atomic E-state index is 0.00303. The molecule has 0 radical (unpaired) electrons. The zero-order valence-corrected chi connectivity index (χ0v) is 17.0. The Labute approximate surface area is 166 Å². The summed E-state index contributed by atoms with van der Waals surface area (Å²) in [6.07, 6.45) is 3.27. The standard InChI is InChI=1S/C21H26N2O4S/c1-3-4-6-17-9-11-19(12-10-17)23-21(25)13-14-22-28(26,27)20-8-5-7-18(15-20)16(2)24/h5,7-12,15,22H,3-4,6,13-14H2,1-2H3,(H,23,25). The van der Waals surface area contributed by atoms with Crippen molar-refractivity contribution in [3.8, 4) is 0 Å². The number of benzene rings is 2. The number of rotatable bonds is 10. The van der Waals surface area contributed by atoms with Crippen LogP contribution in [0.5, 0.6) is 0 Å². The molecule has 0 atom stereocenters. The molecule has 2 rings (SSSR count).